The zero-order valence-electron chi connectivity index (χ0n) is 15.6. The van der Waals surface area contributed by atoms with E-state index in [1.165, 1.54) is 0 Å². The van der Waals surface area contributed by atoms with Crippen LogP contribution in [0.1, 0.15) is 34.1 Å². The lowest BCUT2D eigenvalue weighted by Gasteiger charge is -2.25. The monoisotopic (exact) mass is 390 g/mol. The van der Waals surface area contributed by atoms with Crippen molar-refractivity contribution in [1.29, 1.82) is 0 Å². The molecule has 6 N–H and O–H groups in total. The van der Waals surface area contributed by atoms with Crippen LogP contribution in [0.3, 0.4) is 0 Å². The van der Waals surface area contributed by atoms with Gasteiger partial charge in [-0.1, -0.05) is 27.7 Å². The van der Waals surface area contributed by atoms with Crippen LogP contribution in [-0.4, -0.2) is 59.2 Å². The summed E-state index contributed by atoms with van der Waals surface area (Å²) in [7, 11) is 0. The minimum absolute atomic E-state index is 0.0214. The van der Waals surface area contributed by atoms with Gasteiger partial charge in [0.2, 0.25) is 17.7 Å². The van der Waals surface area contributed by atoms with Gasteiger partial charge in [0.25, 0.3) is 0 Å². The fraction of sp³-hybridized carbons (Fsp3) is 0.750. The lowest BCUT2D eigenvalue weighted by Crippen LogP contribution is -2.58. The summed E-state index contributed by atoms with van der Waals surface area (Å²) in [5.74, 6) is -2.90. The molecule has 0 aliphatic rings. The lowest BCUT2D eigenvalue weighted by atomic mass is 10.0. The van der Waals surface area contributed by atoms with Gasteiger partial charge in [0.1, 0.15) is 18.6 Å². The van der Waals surface area contributed by atoms with E-state index in [1.807, 2.05) is 13.8 Å². The summed E-state index contributed by atoms with van der Waals surface area (Å²) in [5, 5.41) is 15.9. The Morgan fingerprint density at radius 3 is 2.00 bits per heavy atom. The van der Waals surface area contributed by atoms with Crippen molar-refractivity contribution in [1.82, 2.24) is 16.0 Å². The molecule has 0 bridgehead atoms. The highest BCUT2D eigenvalue weighted by molar-refractivity contribution is 7.80. The van der Waals surface area contributed by atoms with Gasteiger partial charge < -0.3 is 26.8 Å². The van der Waals surface area contributed by atoms with E-state index in [4.69, 9.17) is 10.8 Å². The van der Waals surface area contributed by atoms with Crippen molar-refractivity contribution in [3.63, 3.8) is 0 Å². The molecule has 150 valence electrons. The van der Waals surface area contributed by atoms with Gasteiger partial charge in [0, 0.05) is 5.75 Å². The summed E-state index contributed by atoms with van der Waals surface area (Å²) in [6, 6.07) is -2.65. The third kappa shape index (κ3) is 9.04. The predicted molar refractivity (Wildman–Crippen MR) is 101 cm³/mol. The fourth-order valence-electron chi connectivity index (χ4n) is 2.15. The summed E-state index contributed by atoms with van der Waals surface area (Å²) in [5.41, 5.74) is 5.80. The van der Waals surface area contributed by atoms with Crippen molar-refractivity contribution in [2.45, 2.75) is 52.2 Å². The van der Waals surface area contributed by atoms with Gasteiger partial charge in [-0.25, -0.2) is 0 Å². The maximum absolute atomic E-state index is 12.4. The Morgan fingerprint density at radius 1 is 1.00 bits per heavy atom. The number of carboxylic acids is 1. The maximum atomic E-state index is 12.4. The number of carboxylic acid groups (broad SMARTS) is 1. The molecule has 26 heavy (non-hydrogen) atoms. The van der Waals surface area contributed by atoms with Gasteiger partial charge in [-0.05, 0) is 18.3 Å². The Balaban J connectivity index is 4.89. The number of thiol groups is 1. The Labute approximate surface area is 159 Å². The molecule has 0 saturated carbocycles. The fourth-order valence-corrected chi connectivity index (χ4v) is 2.41. The average molecular weight is 391 g/mol. The van der Waals surface area contributed by atoms with Gasteiger partial charge >= 0.3 is 5.97 Å². The van der Waals surface area contributed by atoms with E-state index < -0.39 is 48.4 Å². The number of nitrogens with two attached hydrogens (primary N) is 1. The summed E-state index contributed by atoms with van der Waals surface area (Å²) in [6.07, 6.45) is 0.471. The Kier molecular flexibility index (Phi) is 10.9. The molecule has 0 fully saturated rings. The van der Waals surface area contributed by atoms with Crippen LogP contribution >= 0.6 is 12.6 Å². The number of carbonyl (C=O) groups excluding carboxylic acids is 3. The summed E-state index contributed by atoms with van der Waals surface area (Å²) in [4.78, 5) is 47.1. The first-order valence-electron chi connectivity index (χ1n) is 8.46. The van der Waals surface area contributed by atoms with E-state index in [0.29, 0.717) is 6.42 Å². The van der Waals surface area contributed by atoms with Gasteiger partial charge in [0.05, 0.1) is 6.04 Å². The number of hydrogen-bond donors (Lipinski definition) is 6. The topological polar surface area (TPSA) is 151 Å². The molecule has 0 radical (unpaired) electrons. The van der Waals surface area contributed by atoms with Crippen LogP contribution in [0.5, 0.6) is 0 Å². The molecule has 0 heterocycles. The molecule has 0 aliphatic heterocycles. The number of aliphatic carboxylic acids is 1. The highest BCUT2D eigenvalue weighted by Gasteiger charge is 2.29. The molecule has 3 unspecified atom stereocenters. The second-order valence-electron chi connectivity index (χ2n) is 6.82. The van der Waals surface area contributed by atoms with Crippen LogP contribution < -0.4 is 21.7 Å². The smallest absolute Gasteiger partial charge is 0.322 e. The molecule has 3 atom stereocenters. The molecular weight excluding hydrogens is 360 g/mol. The van der Waals surface area contributed by atoms with E-state index in [-0.39, 0.29) is 17.6 Å². The van der Waals surface area contributed by atoms with E-state index in [2.05, 4.69) is 28.6 Å². The summed E-state index contributed by atoms with van der Waals surface area (Å²) in [6.45, 7) is 6.72. The van der Waals surface area contributed by atoms with Crippen molar-refractivity contribution in [3.8, 4) is 0 Å². The molecule has 3 amide bonds. The molecule has 10 heteroatoms. The minimum Gasteiger partial charge on any atom is -0.480 e. The predicted octanol–water partition coefficient (Wildman–Crippen LogP) is -0.884. The third-order valence-corrected chi connectivity index (χ3v) is 3.90. The largest absolute Gasteiger partial charge is 0.480 e. The molecule has 0 aromatic carbocycles. The van der Waals surface area contributed by atoms with E-state index in [0.717, 1.165) is 0 Å². The highest BCUT2D eigenvalue weighted by atomic mass is 32.1. The number of rotatable bonds is 11. The van der Waals surface area contributed by atoms with Gasteiger partial charge in [0.15, 0.2) is 0 Å². The van der Waals surface area contributed by atoms with Crippen LogP contribution in [-0.2, 0) is 19.2 Å². The first kappa shape index (κ1) is 24.2. The van der Waals surface area contributed by atoms with Crippen LogP contribution in [0, 0.1) is 11.8 Å². The molecule has 0 aliphatic carbocycles. The Hall–Kier alpha value is -1.81. The average Bonchev–Trinajstić information content (AvgIpc) is 2.53. The molecule has 0 aromatic heterocycles. The first-order valence-corrected chi connectivity index (χ1v) is 9.09. The maximum Gasteiger partial charge on any atom is 0.322 e. The van der Waals surface area contributed by atoms with Gasteiger partial charge in [-0.3, -0.25) is 19.2 Å². The van der Waals surface area contributed by atoms with Crippen LogP contribution in [0.25, 0.3) is 0 Å². The second kappa shape index (κ2) is 11.7. The SMILES string of the molecule is CC(C)CC(N)C(=O)NC(CS)C(=O)NC(C(=O)NCC(=O)O)C(C)C. The standard InChI is InChI=1S/C16H30N4O5S/c1-8(2)5-10(17)14(23)19-11(7-26)15(24)20-13(9(3)4)16(25)18-6-12(21)22/h8-11,13,26H,5-7,17H2,1-4H3,(H,18,25)(H,19,23)(H,20,24)(H,21,22). The van der Waals surface area contributed by atoms with Crippen molar-refractivity contribution < 1.29 is 24.3 Å². The quantitative estimate of drug-likeness (QED) is 0.252. The number of nitrogens with one attached hydrogen (secondary N) is 3. The highest BCUT2D eigenvalue weighted by Crippen LogP contribution is 2.05. The van der Waals surface area contributed by atoms with E-state index >= 15 is 0 Å². The number of amides is 3. The van der Waals surface area contributed by atoms with Crippen LogP contribution in [0.4, 0.5) is 0 Å². The lowest BCUT2D eigenvalue weighted by molar-refractivity contribution is -0.138. The van der Waals surface area contributed by atoms with Crippen molar-refractivity contribution in [3.05, 3.63) is 0 Å². The number of carbonyl (C=O) groups is 4. The Bertz CT molecular complexity index is 513. The number of hydrogen-bond acceptors (Lipinski definition) is 6. The molecule has 0 saturated heterocycles. The zero-order chi connectivity index (χ0) is 20.4. The van der Waals surface area contributed by atoms with Crippen molar-refractivity contribution >= 4 is 36.3 Å². The van der Waals surface area contributed by atoms with Gasteiger partial charge in [-0.2, -0.15) is 12.6 Å². The van der Waals surface area contributed by atoms with E-state index in [1.54, 1.807) is 13.8 Å². The Morgan fingerprint density at radius 2 is 1.58 bits per heavy atom. The molecule has 0 rings (SSSR count). The van der Waals surface area contributed by atoms with Crippen molar-refractivity contribution in [2.24, 2.45) is 17.6 Å². The second-order valence-corrected chi connectivity index (χ2v) is 7.19. The summed E-state index contributed by atoms with van der Waals surface area (Å²) < 4.78 is 0. The van der Waals surface area contributed by atoms with Gasteiger partial charge in [-0.15, -0.1) is 0 Å². The zero-order valence-corrected chi connectivity index (χ0v) is 16.5. The molecule has 0 aromatic rings. The minimum atomic E-state index is -1.19. The molecule has 9 nitrogen and oxygen atoms in total. The van der Waals surface area contributed by atoms with Crippen LogP contribution in [0.2, 0.25) is 0 Å². The van der Waals surface area contributed by atoms with Crippen molar-refractivity contribution in [2.75, 3.05) is 12.3 Å². The van der Waals surface area contributed by atoms with E-state index in [9.17, 15) is 19.2 Å². The normalized spacial score (nSPS) is 14.5. The van der Waals surface area contributed by atoms with Crippen LogP contribution in [0.15, 0.2) is 0 Å². The molecule has 0 spiro atoms. The molecular formula is C16H30N4O5S. The third-order valence-electron chi connectivity index (χ3n) is 3.54. The summed E-state index contributed by atoms with van der Waals surface area (Å²) >= 11 is 4.07. The first-order chi connectivity index (χ1) is 12.0.